The molecule has 0 aliphatic heterocycles. The van der Waals surface area contributed by atoms with Crippen LogP contribution in [-0.2, 0) is 11.3 Å². The van der Waals surface area contributed by atoms with E-state index >= 15 is 0 Å². The zero-order valence-corrected chi connectivity index (χ0v) is 16.8. The lowest BCUT2D eigenvalue weighted by molar-refractivity contribution is -0.119. The van der Waals surface area contributed by atoms with E-state index < -0.39 is 0 Å². The molecule has 0 unspecified atom stereocenters. The predicted molar refractivity (Wildman–Crippen MR) is 106 cm³/mol. The first-order valence-electron chi connectivity index (χ1n) is 9.20. The molecule has 1 aliphatic carbocycles. The topological polar surface area (TPSA) is 59.8 Å². The molecule has 1 saturated carbocycles. The molecule has 1 fully saturated rings. The fourth-order valence-corrected chi connectivity index (χ4v) is 4.47. The lowest BCUT2D eigenvalue weighted by Crippen LogP contribution is -2.41. The minimum absolute atomic E-state index is 0.0682. The third kappa shape index (κ3) is 4.41. The van der Waals surface area contributed by atoms with Crippen molar-refractivity contribution in [2.24, 2.45) is 5.92 Å². The Morgan fingerprint density at radius 2 is 2.08 bits per heavy atom. The Kier molecular flexibility index (Phi) is 6.59. The van der Waals surface area contributed by atoms with Gasteiger partial charge in [0.15, 0.2) is 11.0 Å². The summed E-state index contributed by atoms with van der Waals surface area (Å²) in [5.41, 5.74) is 0.857. The molecule has 3 rings (SSSR count). The lowest BCUT2D eigenvalue weighted by Gasteiger charge is -2.29. The van der Waals surface area contributed by atoms with Crippen molar-refractivity contribution < 1.29 is 4.79 Å². The summed E-state index contributed by atoms with van der Waals surface area (Å²) in [6, 6.07) is 7.91. The molecule has 7 heteroatoms. The van der Waals surface area contributed by atoms with Gasteiger partial charge in [-0.3, -0.25) is 4.79 Å². The number of nitrogens with zero attached hydrogens (tertiary/aromatic N) is 3. The average molecular weight is 393 g/mol. The largest absolute Gasteiger partial charge is 0.352 e. The minimum atomic E-state index is 0.0682. The Hall–Kier alpha value is -1.53. The molecule has 2 aromatic rings. The first-order chi connectivity index (χ1) is 12.6. The van der Waals surface area contributed by atoms with Crippen LogP contribution in [0.1, 0.15) is 39.5 Å². The molecule has 2 atom stereocenters. The van der Waals surface area contributed by atoms with Gasteiger partial charge in [0.25, 0.3) is 0 Å². The van der Waals surface area contributed by atoms with Gasteiger partial charge in [-0.1, -0.05) is 55.3 Å². The first-order valence-corrected chi connectivity index (χ1v) is 10.6. The van der Waals surface area contributed by atoms with Gasteiger partial charge in [-0.05, 0) is 37.8 Å². The number of hydrogen-bond donors (Lipinski definition) is 1. The van der Waals surface area contributed by atoms with E-state index in [1.165, 1.54) is 31.0 Å². The van der Waals surface area contributed by atoms with Gasteiger partial charge in [0, 0.05) is 18.2 Å². The number of halogens is 1. The van der Waals surface area contributed by atoms with Gasteiger partial charge in [-0.2, -0.15) is 0 Å². The quantitative estimate of drug-likeness (QED) is 0.740. The van der Waals surface area contributed by atoms with Crippen LogP contribution in [0.15, 0.2) is 29.4 Å². The smallest absolute Gasteiger partial charge is 0.230 e. The van der Waals surface area contributed by atoms with Crippen LogP contribution in [0, 0.1) is 5.92 Å². The molecule has 1 amide bonds. The second-order valence-corrected chi connectivity index (χ2v) is 8.10. The number of carbonyl (C=O) groups excluding carboxylic acids is 1. The molecular weight excluding hydrogens is 368 g/mol. The van der Waals surface area contributed by atoms with E-state index in [0.717, 1.165) is 29.5 Å². The van der Waals surface area contributed by atoms with Crippen molar-refractivity contribution in [3.05, 3.63) is 29.3 Å². The van der Waals surface area contributed by atoms with Crippen molar-refractivity contribution in [1.82, 2.24) is 20.1 Å². The molecule has 1 heterocycles. The number of aromatic nitrogens is 3. The van der Waals surface area contributed by atoms with Crippen molar-refractivity contribution in [2.45, 2.75) is 57.3 Å². The standard InChI is InChI=1S/C19H25ClN4OS/c1-3-24-18(14-9-5-6-10-15(14)20)22-23-19(24)26-12-17(25)21-16-11-7-4-8-13(16)2/h5-6,9-10,13,16H,3-4,7-8,11-12H2,1-2H3,(H,21,25)/t13-,16-/m0/s1. The van der Waals surface area contributed by atoms with Crippen molar-refractivity contribution in [1.29, 1.82) is 0 Å². The highest BCUT2D eigenvalue weighted by molar-refractivity contribution is 7.99. The zero-order valence-electron chi connectivity index (χ0n) is 15.2. The van der Waals surface area contributed by atoms with E-state index in [4.69, 9.17) is 11.6 Å². The molecule has 26 heavy (non-hydrogen) atoms. The Labute approximate surface area is 163 Å². The fraction of sp³-hybridized carbons (Fsp3) is 0.526. The molecule has 1 aliphatic rings. The molecule has 5 nitrogen and oxygen atoms in total. The number of benzene rings is 1. The Morgan fingerprint density at radius 1 is 1.31 bits per heavy atom. The third-order valence-electron chi connectivity index (χ3n) is 4.94. The van der Waals surface area contributed by atoms with E-state index in [2.05, 4.69) is 22.4 Å². The summed E-state index contributed by atoms with van der Waals surface area (Å²) >= 11 is 7.72. The molecule has 0 bridgehead atoms. The van der Waals surface area contributed by atoms with Gasteiger partial charge >= 0.3 is 0 Å². The van der Waals surface area contributed by atoms with Gasteiger partial charge < -0.3 is 9.88 Å². The molecule has 0 radical (unpaired) electrons. The SMILES string of the molecule is CCn1c(SCC(=O)N[C@H]2CCCC[C@@H]2C)nnc1-c1ccccc1Cl. The summed E-state index contributed by atoms with van der Waals surface area (Å²) in [7, 11) is 0. The predicted octanol–water partition coefficient (Wildman–Crippen LogP) is 4.41. The summed E-state index contributed by atoms with van der Waals surface area (Å²) in [6.45, 7) is 4.98. The summed E-state index contributed by atoms with van der Waals surface area (Å²) in [5.74, 6) is 1.72. The number of amides is 1. The van der Waals surface area contributed by atoms with Crippen LogP contribution in [0.25, 0.3) is 11.4 Å². The third-order valence-corrected chi connectivity index (χ3v) is 6.23. The molecule has 140 valence electrons. The van der Waals surface area contributed by atoms with Crippen LogP contribution < -0.4 is 5.32 Å². The fourth-order valence-electron chi connectivity index (χ4n) is 3.43. The second kappa shape index (κ2) is 8.91. The Morgan fingerprint density at radius 3 is 2.81 bits per heavy atom. The van der Waals surface area contributed by atoms with E-state index in [-0.39, 0.29) is 5.91 Å². The van der Waals surface area contributed by atoms with Crippen LogP contribution in [0.3, 0.4) is 0 Å². The van der Waals surface area contributed by atoms with Gasteiger partial charge in [0.2, 0.25) is 5.91 Å². The van der Waals surface area contributed by atoms with Gasteiger partial charge in [-0.25, -0.2) is 0 Å². The molecule has 1 aromatic carbocycles. The summed E-state index contributed by atoms with van der Waals surface area (Å²) in [5, 5.41) is 13.2. The second-order valence-electron chi connectivity index (χ2n) is 6.75. The molecule has 0 spiro atoms. The molecule has 1 aromatic heterocycles. The number of hydrogen-bond acceptors (Lipinski definition) is 4. The number of nitrogens with one attached hydrogen (secondary N) is 1. The lowest BCUT2D eigenvalue weighted by atomic mass is 9.86. The van der Waals surface area contributed by atoms with Crippen molar-refractivity contribution in [3.8, 4) is 11.4 Å². The van der Waals surface area contributed by atoms with Crippen LogP contribution in [0.4, 0.5) is 0 Å². The van der Waals surface area contributed by atoms with Gasteiger partial charge in [0.1, 0.15) is 0 Å². The van der Waals surface area contributed by atoms with Crippen LogP contribution in [0.5, 0.6) is 0 Å². The van der Waals surface area contributed by atoms with E-state index in [1.54, 1.807) is 0 Å². The number of carbonyl (C=O) groups is 1. The molecular formula is C19H25ClN4OS. The van der Waals surface area contributed by atoms with E-state index in [1.807, 2.05) is 35.8 Å². The highest BCUT2D eigenvalue weighted by Gasteiger charge is 2.23. The first kappa shape index (κ1) is 19.2. The van der Waals surface area contributed by atoms with E-state index in [9.17, 15) is 4.79 Å². The Balaban J connectivity index is 1.65. The maximum Gasteiger partial charge on any atom is 0.230 e. The molecule has 1 N–H and O–H groups in total. The maximum atomic E-state index is 12.4. The normalized spacial score (nSPS) is 20.1. The van der Waals surface area contributed by atoms with Crippen LogP contribution in [0.2, 0.25) is 5.02 Å². The summed E-state index contributed by atoms with van der Waals surface area (Å²) < 4.78 is 2.00. The number of rotatable bonds is 6. The summed E-state index contributed by atoms with van der Waals surface area (Å²) in [6.07, 6.45) is 4.75. The molecule has 0 saturated heterocycles. The van der Waals surface area contributed by atoms with Gasteiger partial charge in [0.05, 0.1) is 10.8 Å². The van der Waals surface area contributed by atoms with Gasteiger partial charge in [-0.15, -0.1) is 10.2 Å². The van der Waals surface area contributed by atoms with Crippen LogP contribution >= 0.6 is 23.4 Å². The van der Waals surface area contributed by atoms with Crippen molar-refractivity contribution in [3.63, 3.8) is 0 Å². The zero-order chi connectivity index (χ0) is 18.5. The van der Waals surface area contributed by atoms with Crippen molar-refractivity contribution >= 4 is 29.3 Å². The highest BCUT2D eigenvalue weighted by Crippen LogP contribution is 2.29. The minimum Gasteiger partial charge on any atom is -0.352 e. The van der Waals surface area contributed by atoms with Crippen molar-refractivity contribution in [2.75, 3.05) is 5.75 Å². The van der Waals surface area contributed by atoms with E-state index in [0.29, 0.717) is 22.7 Å². The maximum absolute atomic E-state index is 12.4. The number of thioether (sulfide) groups is 1. The average Bonchev–Trinajstić information content (AvgIpc) is 3.05. The van der Waals surface area contributed by atoms with Crippen LogP contribution in [-0.4, -0.2) is 32.5 Å². The highest BCUT2D eigenvalue weighted by atomic mass is 35.5. The summed E-state index contributed by atoms with van der Waals surface area (Å²) in [4.78, 5) is 12.4. The Bertz CT molecular complexity index is 764. The monoisotopic (exact) mass is 392 g/mol.